The first-order valence-electron chi connectivity index (χ1n) is 10.1. The molecule has 4 aromatic heterocycles. The van der Waals surface area contributed by atoms with Gasteiger partial charge in [0.25, 0.3) is 0 Å². The van der Waals surface area contributed by atoms with Crippen LogP contribution in [0.5, 0.6) is 0 Å². The molecule has 3 N–H and O–H groups in total. The van der Waals surface area contributed by atoms with Gasteiger partial charge in [0, 0.05) is 53.1 Å². The number of hydrogen-bond acceptors (Lipinski definition) is 5. The Morgan fingerprint density at radius 3 is 2.55 bits per heavy atom. The summed E-state index contributed by atoms with van der Waals surface area (Å²) >= 11 is 0. The van der Waals surface area contributed by atoms with Gasteiger partial charge in [0.15, 0.2) is 0 Å². The number of nitrogen functional groups attached to an aromatic ring is 1. The summed E-state index contributed by atoms with van der Waals surface area (Å²) in [5, 5.41) is 5.24. The second-order valence-corrected chi connectivity index (χ2v) is 8.21. The van der Waals surface area contributed by atoms with E-state index in [1.807, 2.05) is 56.1 Å². The number of H-pyrrole nitrogens is 1. The molecule has 4 heterocycles. The summed E-state index contributed by atoms with van der Waals surface area (Å²) in [6.07, 6.45) is 7.57. The number of anilines is 1. The van der Waals surface area contributed by atoms with Crippen molar-refractivity contribution in [3.8, 4) is 22.4 Å². The van der Waals surface area contributed by atoms with Crippen molar-refractivity contribution in [2.45, 2.75) is 19.3 Å². The number of fused-ring (bicyclic) bond motifs is 1. The molecule has 0 aliphatic heterocycles. The Labute approximate surface area is 180 Å². The average molecular weight is 409 g/mol. The summed E-state index contributed by atoms with van der Waals surface area (Å²) in [5.74, 6) is 0.252. The molecule has 0 bridgehead atoms. The van der Waals surface area contributed by atoms with Crippen molar-refractivity contribution >= 4 is 17.0 Å². The van der Waals surface area contributed by atoms with E-state index >= 15 is 0 Å². The molecule has 7 heteroatoms. The third kappa shape index (κ3) is 3.34. The van der Waals surface area contributed by atoms with Crippen LogP contribution < -0.4 is 5.73 Å². The predicted molar refractivity (Wildman–Crippen MR) is 122 cm³/mol. The van der Waals surface area contributed by atoms with Crippen LogP contribution >= 0.6 is 0 Å². The molecule has 0 radical (unpaired) electrons. The van der Waals surface area contributed by atoms with Gasteiger partial charge in [-0.3, -0.25) is 4.68 Å². The number of aromatic nitrogens is 6. The van der Waals surface area contributed by atoms with E-state index in [0.29, 0.717) is 0 Å². The molecule has 0 saturated heterocycles. The molecule has 7 nitrogen and oxygen atoms in total. The number of pyridine rings is 1. The lowest BCUT2D eigenvalue weighted by molar-refractivity contribution is 0.616. The number of nitrogens with zero attached hydrogens (tertiary/aromatic N) is 5. The van der Waals surface area contributed by atoms with E-state index in [1.54, 1.807) is 4.68 Å². The van der Waals surface area contributed by atoms with Crippen molar-refractivity contribution < 1.29 is 0 Å². The number of nitrogens with two attached hydrogens (primary N) is 1. The molecular formula is C24H23N7. The summed E-state index contributed by atoms with van der Waals surface area (Å²) in [5.41, 5.74) is 12.4. The number of nitrogens with one attached hydrogen (secondary N) is 1. The molecule has 5 aromatic rings. The normalized spacial score (nSPS) is 11.8. The van der Waals surface area contributed by atoms with Crippen molar-refractivity contribution in [2.24, 2.45) is 7.05 Å². The Balaban J connectivity index is 1.64. The van der Waals surface area contributed by atoms with Crippen molar-refractivity contribution in [3.05, 3.63) is 78.5 Å². The van der Waals surface area contributed by atoms with Crippen molar-refractivity contribution in [3.63, 3.8) is 0 Å². The van der Waals surface area contributed by atoms with Crippen LogP contribution in [-0.4, -0.2) is 29.7 Å². The van der Waals surface area contributed by atoms with E-state index in [1.165, 1.54) is 5.56 Å². The van der Waals surface area contributed by atoms with Gasteiger partial charge in [0.05, 0.1) is 17.6 Å². The van der Waals surface area contributed by atoms with Crippen LogP contribution in [0.3, 0.4) is 0 Å². The summed E-state index contributed by atoms with van der Waals surface area (Å²) in [6, 6.07) is 14.4. The lowest BCUT2D eigenvalue weighted by Gasteiger charge is -2.25. The number of aryl methyl sites for hydroxylation is 1. The number of aromatic amines is 1. The van der Waals surface area contributed by atoms with E-state index < -0.39 is 0 Å². The zero-order valence-electron chi connectivity index (χ0n) is 17.7. The SMILES string of the molecule is Cn1cc(-c2cnc3[nH]cc(-c4cc(C(C)(C)c5ccccc5)nc(N)n4)c3c2)cn1. The fourth-order valence-corrected chi connectivity index (χ4v) is 3.87. The van der Waals surface area contributed by atoms with E-state index in [9.17, 15) is 0 Å². The minimum Gasteiger partial charge on any atom is -0.368 e. The molecule has 0 unspecified atom stereocenters. The molecular weight excluding hydrogens is 386 g/mol. The maximum atomic E-state index is 6.15. The fraction of sp³-hybridized carbons (Fsp3) is 0.167. The first kappa shape index (κ1) is 19.0. The van der Waals surface area contributed by atoms with E-state index in [2.05, 4.69) is 57.1 Å². The zero-order chi connectivity index (χ0) is 21.6. The number of benzene rings is 1. The molecule has 0 aliphatic rings. The summed E-state index contributed by atoms with van der Waals surface area (Å²) < 4.78 is 1.78. The highest BCUT2D eigenvalue weighted by Crippen LogP contribution is 2.35. The predicted octanol–water partition coefficient (Wildman–Crippen LogP) is 4.33. The highest BCUT2D eigenvalue weighted by Gasteiger charge is 2.26. The first-order chi connectivity index (χ1) is 14.9. The average Bonchev–Trinajstić information content (AvgIpc) is 3.39. The van der Waals surface area contributed by atoms with Gasteiger partial charge in [-0.1, -0.05) is 44.2 Å². The van der Waals surface area contributed by atoms with E-state index in [0.717, 1.165) is 39.1 Å². The quantitative estimate of drug-likeness (QED) is 0.460. The molecule has 0 saturated carbocycles. The monoisotopic (exact) mass is 409 g/mol. The highest BCUT2D eigenvalue weighted by atomic mass is 15.2. The van der Waals surface area contributed by atoms with E-state index in [4.69, 9.17) is 5.73 Å². The third-order valence-electron chi connectivity index (χ3n) is 5.72. The minimum absolute atomic E-state index is 0.252. The van der Waals surface area contributed by atoms with Gasteiger partial charge < -0.3 is 10.7 Å². The van der Waals surface area contributed by atoms with Gasteiger partial charge in [-0.15, -0.1) is 0 Å². The summed E-state index contributed by atoms with van der Waals surface area (Å²) in [4.78, 5) is 16.9. The van der Waals surface area contributed by atoms with Crippen LogP contribution in [0.15, 0.2) is 67.3 Å². The molecule has 5 rings (SSSR count). The Kier molecular flexibility index (Phi) is 4.32. The van der Waals surface area contributed by atoms with Crippen molar-refractivity contribution in [1.82, 2.24) is 29.7 Å². The smallest absolute Gasteiger partial charge is 0.220 e. The standard InChI is InChI=1S/C24H23N7/c1-24(2,17-7-5-4-6-8-17)21-10-20(29-23(25)30-21)19-13-27-22-18(19)9-15(11-26-22)16-12-28-31(3)14-16/h4-14H,1-3H3,(H,26,27)(H2,25,29,30). The zero-order valence-corrected chi connectivity index (χ0v) is 17.7. The van der Waals surface area contributed by atoms with Crippen LogP contribution in [0.25, 0.3) is 33.4 Å². The third-order valence-corrected chi connectivity index (χ3v) is 5.72. The maximum Gasteiger partial charge on any atom is 0.220 e. The lowest BCUT2D eigenvalue weighted by Crippen LogP contribution is -2.21. The second-order valence-electron chi connectivity index (χ2n) is 8.21. The van der Waals surface area contributed by atoms with Gasteiger partial charge in [-0.2, -0.15) is 5.10 Å². The molecule has 0 spiro atoms. The van der Waals surface area contributed by atoms with Crippen LogP contribution in [0.4, 0.5) is 5.95 Å². The molecule has 1 aromatic carbocycles. The van der Waals surface area contributed by atoms with Gasteiger partial charge in [0.1, 0.15) is 5.65 Å². The molecule has 0 fully saturated rings. The highest BCUT2D eigenvalue weighted by molar-refractivity contribution is 5.95. The van der Waals surface area contributed by atoms with Gasteiger partial charge in [-0.05, 0) is 17.7 Å². The summed E-state index contributed by atoms with van der Waals surface area (Å²) in [6.45, 7) is 4.29. The van der Waals surface area contributed by atoms with Crippen LogP contribution in [0.2, 0.25) is 0 Å². The van der Waals surface area contributed by atoms with Crippen molar-refractivity contribution in [2.75, 3.05) is 5.73 Å². The molecule has 31 heavy (non-hydrogen) atoms. The maximum absolute atomic E-state index is 6.15. The van der Waals surface area contributed by atoms with Gasteiger partial charge in [-0.25, -0.2) is 15.0 Å². The Bertz CT molecular complexity index is 1380. The first-order valence-corrected chi connectivity index (χ1v) is 10.1. The minimum atomic E-state index is -0.321. The lowest BCUT2D eigenvalue weighted by atomic mass is 9.81. The number of hydrogen-bond donors (Lipinski definition) is 2. The van der Waals surface area contributed by atoms with Gasteiger partial charge in [0.2, 0.25) is 5.95 Å². The molecule has 154 valence electrons. The molecule has 0 amide bonds. The largest absolute Gasteiger partial charge is 0.368 e. The van der Waals surface area contributed by atoms with Crippen LogP contribution in [-0.2, 0) is 12.5 Å². The Morgan fingerprint density at radius 1 is 1.00 bits per heavy atom. The van der Waals surface area contributed by atoms with Crippen LogP contribution in [0, 0.1) is 0 Å². The second kappa shape index (κ2) is 7.05. The Hall–Kier alpha value is -4.00. The van der Waals surface area contributed by atoms with Crippen molar-refractivity contribution in [1.29, 1.82) is 0 Å². The van der Waals surface area contributed by atoms with E-state index in [-0.39, 0.29) is 11.4 Å². The molecule has 0 aliphatic carbocycles. The van der Waals surface area contributed by atoms with Crippen LogP contribution in [0.1, 0.15) is 25.1 Å². The number of rotatable bonds is 4. The Morgan fingerprint density at radius 2 is 1.81 bits per heavy atom. The van der Waals surface area contributed by atoms with Gasteiger partial charge >= 0.3 is 0 Å². The topological polar surface area (TPSA) is 98.3 Å². The summed E-state index contributed by atoms with van der Waals surface area (Å²) in [7, 11) is 1.90. The fourth-order valence-electron chi connectivity index (χ4n) is 3.87. The molecule has 0 atom stereocenters.